The quantitative estimate of drug-likeness (QED) is 0.820. The van der Waals surface area contributed by atoms with Crippen LogP contribution >= 0.6 is 15.9 Å². The maximum Gasteiger partial charge on any atom is 0.126 e. The van der Waals surface area contributed by atoms with Crippen molar-refractivity contribution in [2.24, 2.45) is 0 Å². The van der Waals surface area contributed by atoms with E-state index in [0.29, 0.717) is 19.0 Å². The van der Waals surface area contributed by atoms with E-state index in [-0.39, 0.29) is 6.10 Å². The van der Waals surface area contributed by atoms with Crippen molar-refractivity contribution in [1.29, 1.82) is 0 Å². The van der Waals surface area contributed by atoms with Gasteiger partial charge in [0, 0.05) is 10.0 Å². The molecule has 0 radical (unpaired) electrons. The molecule has 0 unspecified atom stereocenters. The first kappa shape index (κ1) is 14.5. The van der Waals surface area contributed by atoms with Gasteiger partial charge in [-0.3, -0.25) is 0 Å². The van der Waals surface area contributed by atoms with Crippen molar-refractivity contribution >= 4 is 15.9 Å². The molecule has 0 aliphatic rings. The molecular formula is C13H19BrO3. The number of aliphatic hydroxyl groups is 1. The van der Waals surface area contributed by atoms with E-state index in [2.05, 4.69) is 15.9 Å². The van der Waals surface area contributed by atoms with Gasteiger partial charge in [0.2, 0.25) is 0 Å². The van der Waals surface area contributed by atoms with Crippen molar-refractivity contribution in [3.05, 3.63) is 28.2 Å². The van der Waals surface area contributed by atoms with Crippen LogP contribution in [0.4, 0.5) is 0 Å². The van der Waals surface area contributed by atoms with Gasteiger partial charge in [-0.1, -0.05) is 22.0 Å². The Morgan fingerprint density at radius 1 is 1.24 bits per heavy atom. The Labute approximate surface area is 111 Å². The molecule has 96 valence electrons. The Balaban J connectivity index is 2.59. The fraction of sp³-hybridized carbons (Fsp3) is 0.538. The number of hydrogen-bond acceptors (Lipinski definition) is 3. The molecule has 0 bridgehead atoms. The molecule has 1 N–H and O–H groups in total. The molecule has 0 spiro atoms. The van der Waals surface area contributed by atoms with Crippen LogP contribution in [0.1, 0.15) is 32.4 Å². The van der Waals surface area contributed by atoms with E-state index < -0.39 is 6.10 Å². The second-order valence-electron chi connectivity index (χ2n) is 4.13. The molecule has 0 saturated carbocycles. The van der Waals surface area contributed by atoms with Gasteiger partial charge in [-0.15, -0.1) is 0 Å². The lowest BCUT2D eigenvalue weighted by Crippen LogP contribution is -2.12. The lowest BCUT2D eigenvalue weighted by Gasteiger charge is -2.14. The van der Waals surface area contributed by atoms with Gasteiger partial charge in [0.05, 0.1) is 18.8 Å². The topological polar surface area (TPSA) is 38.7 Å². The summed E-state index contributed by atoms with van der Waals surface area (Å²) in [5, 5.41) is 9.61. The standard InChI is InChI=1S/C13H19BrO3/c1-9(2)16-6-7-17-13-8-11(14)4-5-12(13)10(3)15/h4-5,8-10,15H,6-7H2,1-3H3/t10-/m0/s1. The number of benzene rings is 1. The molecule has 4 heteroatoms. The number of hydrogen-bond donors (Lipinski definition) is 1. The summed E-state index contributed by atoms with van der Waals surface area (Å²) in [6, 6.07) is 5.60. The zero-order chi connectivity index (χ0) is 12.8. The summed E-state index contributed by atoms with van der Waals surface area (Å²) in [5.74, 6) is 0.696. The highest BCUT2D eigenvalue weighted by atomic mass is 79.9. The van der Waals surface area contributed by atoms with Gasteiger partial charge >= 0.3 is 0 Å². The van der Waals surface area contributed by atoms with Crippen LogP contribution in [0, 0.1) is 0 Å². The van der Waals surface area contributed by atoms with E-state index in [4.69, 9.17) is 9.47 Å². The monoisotopic (exact) mass is 302 g/mol. The van der Waals surface area contributed by atoms with Crippen LogP contribution in [0.15, 0.2) is 22.7 Å². The number of halogens is 1. The molecule has 0 heterocycles. The third kappa shape index (κ3) is 5.06. The van der Waals surface area contributed by atoms with E-state index >= 15 is 0 Å². The van der Waals surface area contributed by atoms with Gasteiger partial charge < -0.3 is 14.6 Å². The van der Waals surface area contributed by atoms with Gasteiger partial charge in [-0.25, -0.2) is 0 Å². The maximum atomic E-state index is 9.61. The van der Waals surface area contributed by atoms with E-state index in [9.17, 15) is 5.11 Å². The molecule has 0 aromatic heterocycles. The first-order valence-corrected chi connectivity index (χ1v) is 6.52. The normalized spacial score (nSPS) is 12.8. The molecule has 1 atom stereocenters. The second-order valence-corrected chi connectivity index (χ2v) is 5.04. The number of aliphatic hydroxyl groups excluding tert-OH is 1. The first-order chi connectivity index (χ1) is 8.00. The van der Waals surface area contributed by atoms with Crippen molar-refractivity contribution < 1.29 is 14.6 Å². The van der Waals surface area contributed by atoms with Gasteiger partial charge in [0.15, 0.2) is 0 Å². The first-order valence-electron chi connectivity index (χ1n) is 5.72. The highest BCUT2D eigenvalue weighted by Gasteiger charge is 2.09. The summed E-state index contributed by atoms with van der Waals surface area (Å²) in [5.41, 5.74) is 0.790. The smallest absolute Gasteiger partial charge is 0.126 e. The maximum absolute atomic E-state index is 9.61. The average Bonchev–Trinajstić information content (AvgIpc) is 2.23. The van der Waals surface area contributed by atoms with Crippen molar-refractivity contribution in [2.75, 3.05) is 13.2 Å². The molecule has 3 nitrogen and oxygen atoms in total. The largest absolute Gasteiger partial charge is 0.491 e. The van der Waals surface area contributed by atoms with Crippen LogP contribution < -0.4 is 4.74 Å². The Hall–Kier alpha value is -0.580. The fourth-order valence-electron chi connectivity index (χ4n) is 1.41. The third-order valence-electron chi connectivity index (χ3n) is 2.22. The Morgan fingerprint density at radius 2 is 1.94 bits per heavy atom. The summed E-state index contributed by atoms with van der Waals surface area (Å²) in [4.78, 5) is 0. The molecule has 17 heavy (non-hydrogen) atoms. The predicted molar refractivity (Wildman–Crippen MR) is 71.4 cm³/mol. The summed E-state index contributed by atoms with van der Waals surface area (Å²) < 4.78 is 11.9. The third-order valence-corrected chi connectivity index (χ3v) is 2.71. The van der Waals surface area contributed by atoms with Crippen molar-refractivity contribution in [2.45, 2.75) is 33.0 Å². The highest BCUT2D eigenvalue weighted by Crippen LogP contribution is 2.28. The lowest BCUT2D eigenvalue weighted by atomic mass is 10.1. The van der Waals surface area contributed by atoms with E-state index in [1.165, 1.54) is 0 Å². The van der Waals surface area contributed by atoms with Crippen molar-refractivity contribution in [1.82, 2.24) is 0 Å². The predicted octanol–water partition coefficient (Wildman–Crippen LogP) is 3.31. The summed E-state index contributed by atoms with van der Waals surface area (Å²) >= 11 is 3.38. The lowest BCUT2D eigenvalue weighted by molar-refractivity contribution is 0.0543. The van der Waals surface area contributed by atoms with Gasteiger partial charge in [0.25, 0.3) is 0 Å². The van der Waals surface area contributed by atoms with E-state index in [0.717, 1.165) is 10.0 Å². The van der Waals surface area contributed by atoms with Crippen LogP contribution in [0.25, 0.3) is 0 Å². The van der Waals surface area contributed by atoms with Crippen LogP contribution in [-0.4, -0.2) is 24.4 Å². The molecule has 0 saturated heterocycles. The molecular weight excluding hydrogens is 284 g/mol. The van der Waals surface area contributed by atoms with Gasteiger partial charge in [-0.2, -0.15) is 0 Å². The van der Waals surface area contributed by atoms with Crippen LogP contribution in [0.3, 0.4) is 0 Å². The minimum Gasteiger partial charge on any atom is -0.491 e. The van der Waals surface area contributed by atoms with Gasteiger partial charge in [0.1, 0.15) is 12.4 Å². The molecule has 0 amide bonds. The minimum atomic E-state index is -0.538. The zero-order valence-electron chi connectivity index (χ0n) is 10.4. The van der Waals surface area contributed by atoms with Crippen LogP contribution in [0.2, 0.25) is 0 Å². The van der Waals surface area contributed by atoms with Crippen LogP contribution in [-0.2, 0) is 4.74 Å². The molecule has 0 aliphatic heterocycles. The summed E-state index contributed by atoms with van der Waals surface area (Å²) in [6.07, 6.45) is -0.332. The van der Waals surface area contributed by atoms with Crippen molar-refractivity contribution in [3.63, 3.8) is 0 Å². The van der Waals surface area contributed by atoms with E-state index in [1.54, 1.807) is 6.92 Å². The molecule has 1 aromatic rings. The number of rotatable bonds is 6. The second kappa shape index (κ2) is 6.99. The highest BCUT2D eigenvalue weighted by molar-refractivity contribution is 9.10. The van der Waals surface area contributed by atoms with Crippen molar-refractivity contribution in [3.8, 4) is 5.75 Å². The zero-order valence-corrected chi connectivity index (χ0v) is 12.0. The Bertz CT molecular complexity index is 351. The summed E-state index contributed by atoms with van der Waals surface area (Å²) in [7, 11) is 0. The molecule has 0 aliphatic carbocycles. The summed E-state index contributed by atoms with van der Waals surface area (Å²) in [6.45, 7) is 6.72. The molecule has 1 rings (SSSR count). The van der Waals surface area contributed by atoms with Crippen LogP contribution in [0.5, 0.6) is 5.75 Å². The SMILES string of the molecule is CC(C)OCCOc1cc(Br)ccc1[C@H](C)O. The number of ether oxygens (including phenoxy) is 2. The Kier molecular flexibility index (Phi) is 5.95. The molecule has 0 fully saturated rings. The average molecular weight is 303 g/mol. The van der Waals surface area contributed by atoms with E-state index in [1.807, 2.05) is 32.0 Å². The Morgan fingerprint density at radius 3 is 2.53 bits per heavy atom. The van der Waals surface area contributed by atoms with Gasteiger partial charge in [-0.05, 0) is 32.9 Å². The minimum absolute atomic E-state index is 0.206. The molecule has 1 aromatic carbocycles. The fourth-order valence-corrected chi connectivity index (χ4v) is 1.75.